The molecule has 3 nitrogen and oxygen atoms in total. The fraction of sp³-hybridized carbons (Fsp3) is 0.533. The Bertz CT molecular complexity index is 525. The van der Waals surface area contributed by atoms with Crippen LogP contribution in [0.15, 0.2) is 23.8 Å². The Morgan fingerprint density at radius 2 is 2.05 bits per heavy atom. The maximum atomic E-state index is 6.16. The molecule has 1 unspecified atom stereocenters. The summed E-state index contributed by atoms with van der Waals surface area (Å²) >= 11 is 1.75. The molecule has 0 fully saturated rings. The molecule has 2 aromatic heterocycles. The molecule has 0 saturated heterocycles. The number of aromatic nitrogens is 2. The summed E-state index contributed by atoms with van der Waals surface area (Å²) in [5, 5.41) is 3.36. The first-order valence-corrected chi connectivity index (χ1v) is 7.71. The Morgan fingerprint density at radius 1 is 1.32 bits per heavy atom. The summed E-state index contributed by atoms with van der Waals surface area (Å²) in [7, 11) is 0. The highest BCUT2D eigenvalue weighted by atomic mass is 32.1. The van der Waals surface area contributed by atoms with Crippen molar-refractivity contribution in [3.8, 4) is 0 Å². The summed E-state index contributed by atoms with van der Waals surface area (Å²) < 4.78 is 2.16. The number of thiazole rings is 1. The maximum Gasteiger partial charge on any atom is 0.0954 e. The van der Waals surface area contributed by atoms with Gasteiger partial charge in [-0.3, -0.25) is 0 Å². The zero-order valence-electron chi connectivity index (χ0n) is 12.1. The summed E-state index contributed by atoms with van der Waals surface area (Å²) in [5.74, 6) is 0.969. The van der Waals surface area contributed by atoms with Crippen molar-refractivity contribution in [2.75, 3.05) is 0 Å². The van der Waals surface area contributed by atoms with Gasteiger partial charge in [-0.2, -0.15) is 0 Å². The van der Waals surface area contributed by atoms with Crippen LogP contribution in [0.1, 0.15) is 55.9 Å². The molecule has 4 heteroatoms. The highest BCUT2D eigenvalue weighted by molar-refractivity contribution is 7.09. The molecule has 0 radical (unpaired) electrons. The highest BCUT2D eigenvalue weighted by Crippen LogP contribution is 2.21. The van der Waals surface area contributed by atoms with Crippen molar-refractivity contribution in [3.63, 3.8) is 0 Å². The molecule has 2 aromatic rings. The summed E-state index contributed by atoms with van der Waals surface area (Å²) in [6.45, 7) is 9.48. The van der Waals surface area contributed by atoms with Gasteiger partial charge in [0.05, 0.1) is 17.2 Å². The van der Waals surface area contributed by atoms with Crippen LogP contribution in [-0.2, 0) is 6.54 Å². The van der Waals surface area contributed by atoms with Gasteiger partial charge < -0.3 is 10.3 Å². The van der Waals surface area contributed by atoms with Crippen LogP contribution in [0.5, 0.6) is 0 Å². The van der Waals surface area contributed by atoms with E-state index < -0.39 is 0 Å². The van der Waals surface area contributed by atoms with E-state index in [0.717, 1.165) is 12.2 Å². The van der Waals surface area contributed by atoms with Crippen LogP contribution >= 0.6 is 11.3 Å². The SMILES string of the molecule is CC(C)c1nc(Cn2ccc(C(N)C(C)C)c2)cs1. The van der Waals surface area contributed by atoms with E-state index in [2.05, 4.69) is 61.1 Å². The summed E-state index contributed by atoms with van der Waals surface area (Å²) in [4.78, 5) is 4.66. The standard InChI is InChI=1S/C15H23N3S/c1-10(2)14(16)12-5-6-18(7-12)8-13-9-19-15(17-13)11(3)4/h5-7,9-11,14H,8,16H2,1-4H3. The molecule has 2 N–H and O–H groups in total. The largest absolute Gasteiger partial charge is 0.348 e. The Hall–Kier alpha value is -1.13. The van der Waals surface area contributed by atoms with E-state index in [1.54, 1.807) is 11.3 Å². The molecule has 0 aliphatic rings. The minimum Gasteiger partial charge on any atom is -0.348 e. The lowest BCUT2D eigenvalue weighted by Crippen LogP contribution is -2.15. The van der Waals surface area contributed by atoms with Gasteiger partial charge in [0.1, 0.15) is 0 Å². The van der Waals surface area contributed by atoms with Gasteiger partial charge in [0.2, 0.25) is 0 Å². The van der Waals surface area contributed by atoms with E-state index in [4.69, 9.17) is 5.73 Å². The fourth-order valence-electron chi connectivity index (χ4n) is 1.99. The van der Waals surface area contributed by atoms with Gasteiger partial charge in [-0.15, -0.1) is 11.3 Å². The van der Waals surface area contributed by atoms with Crippen LogP contribution in [0.4, 0.5) is 0 Å². The van der Waals surface area contributed by atoms with E-state index in [0.29, 0.717) is 11.8 Å². The van der Waals surface area contributed by atoms with E-state index in [1.807, 2.05) is 0 Å². The molecule has 2 rings (SSSR count). The predicted molar refractivity (Wildman–Crippen MR) is 81.5 cm³/mol. The van der Waals surface area contributed by atoms with E-state index in [9.17, 15) is 0 Å². The van der Waals surface area contributed by atoms with Gasteiger partial charge in [-0.05, 0) is 17.5 Å². The van der Waals surface area contributed by atoms with Gasteiger partial charge >= 0.3 is 0 Å². The second-order valence-electron chi connectivity index (χ2n) is 5.72. The molecule has 0 spiro atoms. The third-order valence-electron chi connectivity index (χ3n) is 3.28. The Kier molecular flexibility index (Phi) is 4.42. The average Bonchev–Trinajstić information content (AvgIpc) is 2.97. The van der Waals surface area contributed by atoms with E-state index in [-0.39, 0.29) is 6.04 Å². The van der Waals surface area contributed by atoms with Crippen molar-refractivity contribution in [1.82, 2.24) is 9.55 Å². The number of hydrogen-bond acceptors (Lipinski definition) is 3. The molecule has 104 valence electrons. The summed E-state index contributed by atoms with van der Waals surface area (Å²) in [5.41, 5.74) is 8.50. The van der Waals surface area contributed by atoms with Gasteiger partial charge in [-0.25, -0.2) is 4.98 Å². The van der Waals surface area contributed by atoms with E-state index >= 15 is 0 Å². The average molecular weight is 277 g/mol. The van der Waals surface area contributed by atoms with Gasteiger partial charge in [-0.1, -0.05) is 27.7 Å². The van der Waals surface area contributed by atoms with Crippen LogP contribution in [0.25, 0.3) is 0 Å². The molecule has 0 aliphatic heterocycles. The third-order valence-corrected chi connectivity index (χ3v) is 4.48. The predicted octanol–water partition coefficient (Wildman–Crippen LogP) is 3.77. The van der Waals surface area contributed by atoms with Gasteiger partial charge in [0.15, 0.2) is 0 Å². The fourth-order valence-corrected chi connectivity index (χ4v) is 2.81. The topological polar surface area (TPSA) is 43.8 Å². The van der Waals surface area contributed by atoms with Crippen LogP contribution in [0.2, 0.25) is 0 Å². The van der Waals surface area contributed by atoms with Gasteiger partial charge in [0, 0.05) is 29.7 Å². The van der Waals surface area contributed by atoms with Crippen molar-refractivity contribution >= 4 is 11.3 Å². The molecule has 0 amide bonds. The molecule has 0 aliphatic carbocycles. The first-order chi connectivity index (χ1) is 8.97. The number of nitrogens with two attached hydrogens (primary N) is 1. The monoisotopic (exact) mass is 277 g/mol. The van der Waals surface area contributed by atoms with Crippen molar-refractivity contribution in [2.45, 2.75) is 46.2 Å². The molecule has 0 aromatic carbocycles. The van der Waals surface area contributed by atoms with Crippen LogP contribution in [-0.4, -0.2) is 9.55 Å². The normalized spacial score (nSPS) is 13.4. The van der Waals surface area contributed by atoms with Crippen LogP contribution in [0, 0.1) is 5.92 Å². The molecule has 2 heterocycles. The first kappa shape index (κ1) is 14.3. The van der Waals surface area contributed by atoms with Crippen molar-refractivity contribution in [3.05, 3.63) is 40.1 Å². The summed E-state index contributed by atoms with van der Waals surface area (Å²) in [6, 6.07) is 2.23. The number of hydrogen-bond donors (Lipinski definition) is 1. The number of nitrogens with zero attached hydrogens (tertiary/aromatic N) is 2. The lowest BCUT2D eigenvalue weighted by atomic mass is 10.00. The Balaban J connectivity index is 2.07. The molecular formula is C15H23N3S. The Labute approximate surface area is 119 Å². The zero-order chi connectivity index (χ0) is 14.0. The minimum absolute atomic E-state index is 0.114. The van der Waals surface area contributed by atoms with Crippen molar-refractivity contribution in [1.29, 1.82) is 0 Å². The van der Waals surface area contributed by atoms with Crippen LogP contribution in [0.3, 0.4) is 0 Å². The van der Waals surface area contributed by atoms with Crippen LogP contribution < -0.4 is 5.73 Å². The quantitative estimate of drug-likeness (QED) is 0.904. The minimum atomic E-state index is 0.114. The molecule has 0 bridgehead atoms. The molecule has 0 saturated carbocycles. The lowest BCUT2D eigenvalue weighted by molar-refractivity contribution is 0.513. The molecule has 19 heavy (non-hydrogen) atoms. The molecule has 1 atom stereocenters. The van der Waals surface area contributed by atoms with Crippen molar-refractivity contribution in [2.24, 2.45) is 11.7 Å². The Morgan fingerprint density at radius 3 is 2.63 bits per heavy atom. The smallest absolute Gasteiger partial charge is 0.0954 e. The van der Waals surface area contributed by atoms with Gasteiger partial charge in [0.25, 0.3) is 0 Å². The number of rotatable bonds is 5. The molecular weight excluding hydrogens is 254 g/mol. The van der Waals surface area contributed by atoms with E-state index in [1.165, 1.54) is 10.6 Å². The second-order valence-corrected chi connectivity index (χ2v) is 6.61. The lowest BCUT2D eigenvalue weighted by Gasteiger charge is -2.13. The highest BCUT2D eigenvalue weighted by Gasteiger charge is 2.12. The maximum absolute atomic E-state index is 6.16. The van der Waals surface area contributed by atoms with Crippen molar-refractivity contribution < 1.29 is 0 Å². The first-order valence-electron chi connectivity index (χ1n) is 6.83. The third kappa shape index (κ3) is 3.45. The summed E-state index contributed by atoms with van der Waals surface area (Å²) in [6.07, 6.45) is 4.23. The zero-order valence-corrected chi connectivity index (χ0v) is 12.9. The second kappa shape index (κ2) is 5.88.